The average Bonchev–Trinajstić information content (AvgIpc) is 3.24. The van der Waals surface area contributed by atoms with Crippen LogP contribution in [0.1, 0.15) is 39.5 Å². The van der Waals surface area contributed by atoms with Crippen molar-refractivity contribution < 1.29 is 0 Å². The Hall–Kier alpha value is -0.160. The molecule has 1 saturated carbocycles. The predicted molar refractivity (Wildman–Crippen MR) is 100 cm³/mol. The van der Waals surface area contributed by atoms with Crippen LogP contribution in [0.25, 0.3) is 0 Å². The predicted octanol–water partition coefficient (Wildman–Crippen LogP) is 1.82. The van der Waals surface area contributed by atoms with Crippen LogP contribution in [0.15, 0.2) is 0 Å². The lowest BCUT2D eigenvalue weighted by molar-refractivity contribution is -0.0633. The van der Waals surface area contributed by atoms with Crippen molar-refractivity contribution in [2.24, 2.45) is 11.3 Å². The van der Waals surface area contributed by atoms with Crippen LogP contribution >= 0.6 is 0 Å². The molecule has 4 rings (SSSR count). The number of rotatable bonds is 7. The molecule has 0 aromatic heterocycles. The molecule has 3 heterocycles. The third kappa shape index (κ3) is 3.67. The summed E-state index contributed by atoms with van der Waals surface area (Å²) in [5.41, 5.74) is 0.720. The lowest BCUT2D eigenvalue weighted by atomic mass is 9.89. The standard InChI is InChI=1S/C20H38N4/c1-4-17(2)11-20(5-6-20)16-22-12-18(13-22)24-14-19(15-24)23-9-7-21(3)8-10-23/h17-19H,4-16H2,1-3H3. The molecule has 0 N–H and O–H groups in total. The fraction of sp³-hybridized carbons (Fsp3) is 1.00. The first-order valence-electron chi connectivity index (χ1n) is 10.5. The maximum atomic E-state index is 2.76. The molecule has 4 nitrogen and oxygen atoms in total. The molecule has 0 aromatic carbocycles. The summed E-state index contributed by atoms with van der Waals surface area (Å²) in [4.78, 5) is 10.7. The van der Waals surface area contributed by atoms with Crippen molar-refractivity contribution in [2.45, 2.75) is 51.6 Å². The zero-order valence-corrected chi connectivity index (χ0v) is 16.2. The van der Waals surface area contributed by atoms with Gasteiger partial charge in [0.1, 0.15) is 0 Å². The summed E-state index contributed by atoms with van der Waals surface area (Å²) in [6.45, 7) is 16.6. The Morgan fingerprint density at radius 2 is 1.54 bits per heavy atom. The lowest BCUT2D eigenvalue weighted by Crippen LogP contribution is -2.71. The molecular formula is C20H38N4. The van der Waals surface area contributed by atoms with E-state index < -0.39 is 0 Å². The van der Waals surface area contributed by atoms with Gasteiger partial charge in [-0.25, -0.2) is 0 Å². The van der Waals surface area contributed by atoms with E-state index in [4.69, 9.17) is 0 Å². The molecule has 138 valence electrons. The summed E-state index contributed by atoms with van der Waals surface area (Å²) in [6.07, 6.45) is 5.81. The third-order valence-electron chi connectivity index (χ3n) is 7.39. The van der Waals surface area contributed by atoms with Gasteiger partial charge in [-0.1, -0.05) is 20.3 Å². The fourth-order valence-electron chi connectivity index (χ4n) is 5.07. The van der Waals surface area contributed by atoms with Crippen LogP contribution in [0.3, 0.4) is 0 Å². The zero-order valence-electron chi connectivity index (χ0n) is 16.2. The summed E-state index contributed by atoms with van der Waals surface area (Å²) in [6, 6.07) is 1.72. The maximum absolute atomic E-state index is 2.76. The van der Waals surface area contributed by atoms with Gasteiger partial charge in [-0.15, -0.1) is 0 Å². The summed E-state index contributed by atoms with van der Waals surface area (Å²) >= 11 is 0. The third-order valence-corrected chi connectivity index (χ3v) is 7.39. The summed E-state index contributed by atoms with van der Waals surface area (Å²) in [7, 11) is 2.25. The van der Waals surface area contributed by atoms with Crippen LogP contribution in [-0.2, 0) is 0 Å². The zero-order chi connectivity index (χ0) is 16.7. The molecule has 1 atom stereocenters. The van der Waals surface area contributed by atoms with Crippen LogP contribution in [-0.4, -0.2) is 97.6 Å². The first-order chi connectivity index (χ1) is 11.6. The van der Waals surface area contributed by atoms with Crippen LogP contribution in [0.5, 0.6) is 0 Å². The molecule has 3 aliphatic heterocycles. The number of piperazine rings is 1. The van der Waals surface area contributed by atoms with Crippen molar-refractivity contribution in [1.29, 1.82) is 0 Å². The van der Waals surface area contributed by atoms with E-state index in [-0.39, 0.29) is 0 Å². The molecule has 4 fully saturated rings. The quantitative estimate of drug-likeness (QED) is 0.704. The highest BCUT2D eigenvalue weighted by Crippen LogP contribution is 2.52. The van der Waals surface area contributed by atoms with Crippen molar-refractivity contribution in [1.82, 2.24) is 19.6 Å². The van der Waals surface area contributed by atoms with E-state index in [1.807, 2.05) is 0 Å². The van der Waals surface area contributed by atoms with Crippen LogP contribution in [0, 0.1) is 11.3 Å². The molecule has 0 spiro atoms. The topological polar surface area (TPSA) is 13.0 Å². The van der Waals surface area contributed by atoms with Crippen LogP contribution in [0.2, 0.25) is 0 Å². The lowest BCUT2D eigenvalue weighted by Gasteiger charge is -2.55. The molecule has 1 aliphatic carbocycles. The van der Waals surface area contributed by atoms with Gasteiger partial charge < -0.3 is 4.90 Å². The van der Waals surface area contributed by atoms with Gasteiger partial charge in [-0.3, -0.25) is 14.7 Å². The van der Waals surface area contributed by atoms with Gasteiger partial charge in [0.05, 0.1) is 0 Å². The molecular weight excluding hydrogens is 296 g/mol. The highest BCUT2D eigenvalue weighted by molar-refractivity contribution is 5.02. The number of hydrogen-bond donors (Lipinski definition) is 0. The van der Waals surface area contributed by atoms with E-state index in [2.05, 4.69) is 40.5 Å². The molecule has 24 heavy (non-hydrogen) atoms. The minimum absolute atomic E-state index is 0.720. The molecule has 0 bridgehead atoms. The monoisotopic (exact) mass is 334 g/mol. The number of hydrogen-bond acceptors (Lipinski definition) is 4. The smallest absolute Gasteiger partial charge is 0.0351 e. The van der Waals surface area contributed by atoms with Crippen molar-refractivity contribution in [2.75, 3.05) is 66.0 Å². The van der Waals surface area contributed by atoms with E-state index in [0.717, 1.165) is 23.4 Å². The second-order valence-electron chi connectivity index (χ2n) is 9.51. The van der Waals surface area contributed by atoms with Gasteiger partial charge >= 0.3 is 0 Å². The van der Waals surface area contributed by atoms with Gasteiger partial charge in [0.15, 0.2) is 0 Å². The van der Waals surface area contributed by atoms with Gasteiger partial charge in [-0.05, 0) is 37.6 Å². The highest BCUT2D eigenvalue weighted by Gasteiger charge is 2.48. The van der Waals surface area contributed by atoms with E-state index in [1.165, 1.54) is 84.6 Å². The van der Waals surface area contributed by atoms with E-state index in [0.29, 0.717) is 0 Å². The SMILES string of the molecule is CCC(C)CC1(CN2CC(N3CC(N4CCN(C)CC4)C3)C2)CC1. The second kappa shape index (κ2) is 6.86. The Labute approximate surface area is 149 Å². The number of likely N-dealkylation sites (N-methyl/N-ethyl adjacent to an activating group) is 1. The molecule has 0 radical (unpaired) electrons. The molecule has 3 saturated heterocycles. The Kier molecular flexibility index (Phi) is 4.94. The molecule has 0 amide bonds. The maximum Gasteiger partial charge on any atom is 0.0351 e. The van der Waals surface area contributed by atoms with Crippen molar-refractivity contribution in [3.63, 3.8) is 0 Å². The second-order valence-corrected chi connectivity index (χ2v) is 9.51. The van der Waals surface area contributed by atoms with E-state index in [9.17, 15) is 0 Å². The highest BCUT2D eigenvalue weighted by atomic mass is 15.4. The number of likely N-dealkylation sites (tertiary alicyclic amines) is 2. The normalized spacial score (nSPS) is 31.6. The van der Waals surface area contributed by atoms with Gasteiger partial charge in [-0.2, -0.15) is 0 Å². The van der Waals surface area contributed by atoms with Crippen LogP contribution in [0.4, 0.5) is 0 Å². The Balaban J connectivity index is 1.13. The first-order valence-corrected chi connectivity index (χ1v) is 10.5. The molecule has 0 aromatic rings. The minimum atomic E-state index is 0.720. The van der Waals surface area contributed by atoms with Crippen molar-refractivity contribution in [3.05, 3.63) is 0 Å². The van der Waals surface area contributed by atoms with E-state index in [1.54, 1.807) is 0 Å². The van der Waals surface area contributed by atoms with Gasteiger partial charge in [0, 0.05) is 71.0 Å². The Morgan fingerprint density at radius 1 is 0.917 bits per heavy atom. The largest absolute Gasteiger partial charge is 0.304 e. The van der Waals surface area contributed by atoms with Crippen molar-refractivity contribution >= 4 is 0 Å². The summed E-state index contributed by atoms with van der Waals surface area (Å²) in [5, 5.41) is 0. The Morgan fingerprint density at radius 3 is 2.12 bits per heavy atom. The summed E-state index contributed by atoms with van der Waals surface area (Å²) in [5.74, 6) is 0.921. The van der Waals surface area contributed by atoms with Gasteiger partial charge in [0.25, 0.3) is 0 Å². The summed E-state index contributed by atoms with van der Waals surface area (Å²) < 4.78 is 0. The molecule has 1 unspecified atom stereocenters. The van der Waals surface area contributed by atoms with Crippen molar-refractivity contribution in [3.8, 4) is 0 Å². The minimum Gasteiger partial charge on any atom is -0.304 e. The fourth-order valence-corrected chi connectivity index (χ4v) is 5.07. The number of nitrogens with zero attached hydrogens (tertiary/aromatic N) is 4. The van der Waals surface area contributed by atoms with Gasteiger partial charge in [0.2, 0.25) is 0 Å². The molecule has 4 heteroatoms. The first kappa shape index (κ1) is 17.3. The molecule has 4 aliphatic rings. The van der Waals surface area contributed by atoms with E-state index >= 15 is 0 Å². The average molecular weight is 335 g/mol. The van der Waals surface area contributed by atoms with Crippen LogP contribution < -0.4 is 0 Å². The Bertz CT molecular complexity index is 415.